The highest BCUT2D eigenvalue weighted by Crippen LogP contribution is 2.36. The van der Waals surface area contributed by atoms with Gasteiger partial charge in [-0.1, -0.05) is 27.7 Å². The van der Waals surface area contributed by atoms with Crippen LogP contribution in [0.4, 0.5) is 0 Å². The maximum atomic E-state index is 13.5. The summed E-state index contributed by atoms with van der Waals surface area (Å²) in [6.45, 7) is 8.49. The molecule has 0 aromatic carbocycles. The number of fused-ring (bicyclic) bond motifs is 2. The van der Waals surface area contributed by atoms with Crippen LogP contribution in [0.1, 0.15) is 63.1 Å². The van der Waals surface area contributed by atoms with Crippen LogP contribution in [0.15, 0.2) is 6.07 Å². The molecule has 4 amide bonds. The Morgan fingerprint density at radius 3 is 2.23 bits per heavy atom. The van der Waals surface area contributed by atoms with E-state index in [1.807, 2.05) is 27.7 Å². The minimum absolute atomic E-state index is 0.0705. The van der Waals surface area contributed by atoms with E-state index in [9.17, 15) is 19.2 Å². The van der Waals surface area contributed by atoms with Crippen molar-refractivity contribution in [2.75, 3.05) is 13.1 Å². The van der Waals surface area contributed by atoms with Crippen molar-refractivity contribution in [2.45, 2.75) is 71.5 Å². The summed E-state index contributed by atoms with van der Waals surface area (Å²) < 4.78 is 0. The van der Waals surface area contributed by atoms with Gasteiger partial charge in [-0.25, -0.2) is 0 Å². The summed E-state index contributed by atoms with van der Waals surface area (Å²) in [7, 11) is 0. The number of nitrogens with one attached hydrogen (secondary N) is 1. The molecule has 30 heavy (non-hydrogen) atoms. The molecule has 0 radical (unpaired) electrons. The van der Waals surface area contributed by atoms with Crippen molar-refractivity contribution in [2.24, 2.45) is 5.41 Å². The third-order valence-electron chi connectivity index (χ3n) is 6.42. The number of likely N-dealkylation sites (tertiary alicyclic amines) is 3. The molecule has 1 aromatic rings. The number of carbonyl (C=O) groups excluding carboxylic acids is 4. The average Bonchev–Trinajstić information content (AvgIpc) is 3.46. The summed E-state index contributed by atoms with van der Waals surface area (Å²) >= 11 is 0. The summed E-state index contributed by atoms with van der Waals surface area (Å²) in [6, 6.07) is 0.784. The molecule has 162 valence electrons. The number of nitrogens with zero attached hydrogens (tertiary/aromatic N) is 4. The SMILES string of the molecule is CCc1cc(C(=O)N2C[C@@H]3C[C@H]2CN3C(=O)C(N2C(=O)CCC2=O)C(C)(C)C)n[nH]1. The van der Waals surface area contributed by atoms with Gasteiger partial charge in [0.2, 0.25) is 17.7 Å². The summed E-state index contributed by atoms with van der Waals surface area (Å²) in [6.07, 6.45) is 1.81. The first-order valence-electron chi connectivity index (χ1n) is 10.6. The molecule has 9 heteroatoms. The molecule has 9 nitrogen and oxygen atoms in total. The Hall–Kier alpha value is -2.71. The number of carbonyl (C=O) groups is 4. The van der Waals surface area contributed by atoms with Crippen LogP contribution in [-0.4, -0.2) is 79.7 Å². The van der Waals surface area contributed by atoms with Crippen molar-refractivity contribution in [1.29, 1.82) is 0 Å². The second-order valence-corrected chi connectivity index (χ2v) is 9.55. The van der Waals surface area contributed by atoms with Gasteiger partial charge in [0.05, 0.1) is 12.1 Å². The van der Waals surface area contributed by atoms with Crippen molar-refractivity contribution < 1.29 is 19.2 Å². The lowest BCUT2D eigenvalue weighted by atomic mass is 9.84. The van der Waals surface area contributed by atoms with Gasteiger partial charge in [-0.05, 0) is 24.3 Å². The Morgan fingerprint density at radius 2 is 1.73 bits per heavy atom. The molecule has 1 aromatic heterocycles. The number of imide groups is 1. The fourth-order valence-corrected chi connectivity index (χ4v) is 4.89. The lowest BCUT2D eigenvalue weighted by Crippen LogP contribution is -2.60. The quantitative estimate of drug-likeness (QED) is 0.737. The number of hydrogen-bond donors (Lipinski definition) is 1. The second-order valence-electron chi connectivity index (χ2n) is 9.55. The lowest BCUT2D eigenvalue weighted by molar-refractivity contribution is -0.156. The molecule has 2 bridgehead atoms. The van der Waals surface area contributed by atoms with E-state index < -0.39 is 11.5 Å². The Kier molecular flexibility index (Phi) is 4.94. The maximum Gasteiger partial charge on any atom is 0.274 e. The van der Waals surface area contributed by atoms with Gasteiger partial charge in [0.1, 0.15) is 11.7 Å². The van der Waals surface area contributed by atoms with E-state index in [1.165, 1.54) is 4.90 Å². The molecular formula is C21H29N5O4. The molecule has 4 rings (SSSR count). The molecule has 0 spiro atoms. The maximum absolute atomic E-state index is 13.5. The van der Waals surface area contributed by atoms with Crippen LogP contribution in [0.5, 0.6) is 0 Å². The molecule has 3 aliphatic rings. The first-order valence-corrected chi connectivity index (χ1v) is 10.6. The third kappa shape index (κ3) is 3.30. The third-order valence-corrected chi connectivity index (χ3v) is 6.42. The van der Waals surface area contributed by atoms with Crippen molar-refractivity contribution in [3.05, 3.63) is 17.5 Å². The predicted molar refractivity (Wildman–Crippen MR) is 107 cm³/mol. The zero-order valence-corrected chi connectivity index (χ0v) is 18.0. The molecule has 1 N–H and O–H groups in total. The number of aromatic amines is 1. The number of amides is 4. The van der Waals surface area contributed by atoms with E-state index in [2.05, 4.69) is 10.2 Å². The second kappa shape index (κ2) is 7.21. The van der Waals surface area contributed by atoms with E-state index in [0.29, 0.717) is 25.2 Å². The zero-order valence-electron chi connectivity index (χ0n) is 18.0. The van der Waals surface area contributed by atoms with Gasteiger partial charge in [-0.15, -0.1) is 0 Å². The highest BCUT2D eigenvalue weighted by Gasteiger charge is 2.53. The smallest absolute Gasteiger partial charge is 0.274 e. The number of hydrogen-bond acceptors (Lipinski definition) is 5. The largest absolute Gasteiger partial charge is 0.334 e. The standard InChI is InChI=1S/C21H29N5O4/c1-5-12-8-15(23-22-12)19(29)24-10-14-9-13(24)11-25(14)20(30)18(21(2,3)4)26-16(27)6-7-17(26)28/h8,13-14,18H,5-7,9-11H2,1-4H3,(H,22,23)/t13-,14-,18?/m0/s1. The van der Waals surface area contributed by atoms with E-state index >= 15 is 0 Å². The van der Waals surface area contributed by atoms with Crippen LogP contribution in [0.2, 0.25) is 0 Å². The Balaban J connectivity index is 1.50. The van der Waals surface area contributed by atoms with Gasteiger partial charge in [-0.3, -0.25) is 29.2 Å². The van der Waals surface area contributed by atoms with E-state index in [-0.39, 0.29) is 48.6 Å². The van der Waals surface area contributed by atoms with Gasteiger partial charge in [0, 0.05) is 31.6 Å². The predicted octanol–water partition coefficient (Wildman–Crippen LogP) is 0.961. The molecule has 3 saturated heterocycles. The highest BCUT2D eigenvalue weighted by atomic mass is 16.2. The zero-order chi connectivity index (χ0) is 21.8. The van der Waals surface area contributed by atoms with E-state index in [0.717, 1.165) is 12.1 Å². The lowest BCUT2D eigenvalue weighted by Gasteiger charge is -2.41. The molecular weight excluding hydrogens is 386 g/mol. The molecule has 0 aliphatic carbocycles. The monoisotopic (exact) mass is 415 g/mol. The number of aryl methyl sites for hydroxylation is 1. The molecule has 3 fully saturated rings. The fourth-order valence-electron chi connectivity index (χ4n) is 4.89. The van der Waals surface area contributed by atoms with Crippen LogP contribution < -0.4 is 0 Å². The van der Waals surface area contributed by atoms with Gasteiger partial charge >= 0.3 is 0 Å². The molecule has 3 aliphatic heterocycles. The van der Waals surface area contributed by atoms with Crippen molar-refractivity contribution in [1.82, 2.24) is 24.9 Å². The van der Waals surface area contributed by atoms with E-state index in [4.69, 9.17) is 0 Å². The van der Waals surface area contributed by atoms with Gasteiger partial charge in [0.15, 0.2) is 0 Å². The first kappa shape index (κ1) is 20.6. The van der Waals surface area contributed by atoms with Crippen molar-refractivity contribution in [3.8, 4) is 0 Å². The highest BCUT2D eigenvalue weighted by molar-refractivity contribution is 6.06. The summed E-state index contributed by atoms with van der Waals surface area (Å²) in [5.74, 6) is -0.874. The molecule has 4 heterocycles. The summed E-state index contributed by atoms with van der Waals surface area (Å²) in [4.78, 5) is 55.8. The van der Waals surface area contributed by atoms with E-state index in [1.54, 1.807) is 15.9 Å². The number of aromatic nitrogens is 2. The first-order chi connectivity index (χ1) is 14.1. The number of piperazine rings is 1. The van der Waals surface area contributed by atoms with Gasteiger partial charge < -0.3 is 9.80 Å². The minimum Gasteiger partial charge on any atom is -0.334 e. The fraction of sp³-hybridized carbons (Fsp3) is 0.667. The summed E-state index contributed by atoms with van der Waals surface area (Å²) in [5, 5.41) is 6.99. The normalized spacial score (nSPS) is 24.9. The van der Waals surface area contributed by atoms with Crippen LogP contribution in [-0.2, 0) is 20.8 Å². The molecule has 3 atom stereocenters. The molecule has 0 saturated carbocycles. The van der Waals surface area contributed by atoms with Crippen molar-refractivity contribution in [3.63, 3.8) is 0 Å². The number of rotatable bonds is 4. The van der Waals surface area contributed by atoms with Crippen LogP contribution in [0, 0.1) is 5.41 Å². The van der Waals surface area contributed by atoms with Gasteiger partial charge in [0.25, 0.3) is 5.91 Å². The summed E-state index contributed by atoms with van der Waals surface area (Å²) in [5.41, 5.74) is 0.737. The Labute approximate surface area is 175 Å². The van der Waals surface area contributed by atoms with Crippen LogP contribution in [0.3, 0.4) is 0 Å². The number of H-pyrrole nitrogens is 1. The molecule has 1 unspecified atom stereocenters. The minimum atomic E-state index is -0.818. The Bertz CT molecular complexity index is 885. The van der Waals surface area contributed by atoms with Crippen LogP contribution >= 0.6 is 0 Å². The van der Waals surface area contributed by atoms with Crippen molar-refractivity contribution >= 4 is 23.6 Å². The van der Waals surface area contributed by atoms with Gasteiger partial charge in [-0.2, -0.15) is 5.10 Å². The Morgan fingerprint density at radius 1 is 1.13 bits per heavy atom. The topological polar surface area (TPSA) is 107 Å². The average molecular weight is 415 g/mol. The van der Waals surface area contributed by atoms with Crippen LogP contribution in [0.25, 0.3) is 0 Å².